The van der Waals surface area contributed by atoms with Crippen molar-refractivity contribution in [1.29, 1.82) is 0 Å². The second-order valence-corrected chi connectivity index (χ2v) is 3.02. The minimum Gasteiger partial charge on any atom is -0.364 e. The Morgan fingerprint density at radius 2 is 2.20 bits per heavy atom. The van der Waals surface area contributed by atoms with Crippen molar-refractivity contribution in [2.45, 2.75) is 0 Å². The third-order valence-electron chi connectivity index (χ3n) is 2.09. The van der Waals surface area contributed by atoms with Gasteiger partial charge in [0, 0.05) is 5.56 Å². The first kappa shape index (κ1) is 9.39. The molecule has 1 aromatic rings. The van der Waals surface area contributed by atoms with Crippen LogP contribution < -0.4 is 11.1 Å². The molecule has 2 rings (SSSR count). The fraction of sp³-hybridized carbons (Fsp3) is 0. The highest BCUT2D eigenvalue weighted by Crippen LogP contribution is 2.33. The average Bonchev–Trinajstić information content (AvgIpc) is 2.55. The van der Waals surface area contributed by atoms with E-state index in [0.29, 0.717) is 17.5 Å². The van der Waals surface area contributed by atoms with Crippen molar-refractivity contribution in [3.8, 4) is 0 Å². The Bertz CT molecular complexity index is 494. The molecule has 0 aliphatic carbocycles. The maximum absolute atomic E-state index is 12.9. The van der Waals surface area contributed by atoms with Crippen LogP contribution in [-0.2, 0) is 9.59 Å². The molecule has 1 aromatic carbocycles. The van der Waals surface area contributed by atoms with Gasteiger partial charge in [-0.1, -0.05) is 0 Å². The van der Waals surface area contributed by atoms with Crippen molar-refractivity contribution in [2.75, 3.05) is 0 Å². The third-order valence-corrected chi connectivity index (χ3v) is 2.09. The van der Waals surface area contributed by atoms with Gasteiger partial charge in [0.15, 0.2) is 6.29 Å². The lowest BCUT2D eigenvalue weighted by Crippen LogP contribution is -2.18. The lowest BCUT2D eigenvalue weighted by atomic mass is 10.1. The summed E-state index contributed by atoms with van der Waals surface area (Å²) in [7, 11) is 0. The molecule has 0 spiro atoms. The van der Waals surface area contributed by atoms with E-state index in [0.717, 1.165) is 6.07 Å². The Morgan fingerprint density at radius 1 is 1.47 bits per heavy atom. The molecule has 0 aromatic heterocycles. The summed E-state index contributed by atoms with van der Waals surface area (Å²) in [5, 5.41) is 3.85. The van der Waals surface area contributed by atoms with Gasteiger partial charge in [0.25, 0.3) is 5.91 Å². The van der Waals surface area contributed by atoms with Gasteiger partial charge >= 0.3 is 0 Å². The highest BCUT2D eigenvalue weighted by Gasteiger charge is 2.26. The van der Waals surface area contributed by atoms with Crippen molar-refractivity contribution in [3.05, 3.63) is 35.3 Å². The summed E-state index contributed by atoms with van der Waals surface area (Å²) in [6.07, 6.45) is 0.453. The zero-order valence-electron chi connectivity index (χ0n) is 7.53. The van der Waals surface area contributed by atoms with Crippen LogP contribution in [0.3, 0.4) is 0 Å². The van der Waals surface area contributed by atoms with Gasteiger partial charge in [-0.25, -0.2) is 9.71 Å². The van der Waals surface area contributed by atoms with Crippen LogP contribution in [0.15, 0.2) is 23.9 Å². The van der Waals surface area contributed by atoms with Crippen molar-refractivity contribution in [1.82, 2.24) is 5.32 Å². The molecule has 0 atom stereocenters. The van der Waals surface area contributed by atoms with Crippen molar-refractivity contribution >= 4 is 23.5 Å². The monoisotopic (exact) mass is 205 g/mol. The summed E-state index contributed by atoms with van der Waals surface area (Å²) < 4.78 is 12.9. The molecule has 1 aliphatic heterocycles. The fourth-order valence-corrected chi connectivity index (χ4v) is 1.44. The Balaban J connectivity index is 2.61. The minimum atomic E-state index is -0.797. The molecule has 0 saturated heterocycles. The van der Waals surface area contributed by atoms with Crippen molar-refractivity contribution in [3.63, 3.8) is 0 Å². The highest BCUT2D eigenvalue weighted by atomic mass is 19.1. The number of carbonyl (C=O) groups is 2. The molecule has 0 unspecified atom stereocenters. The molecule has 5 heteroatoms. The van der Waals surface area contributed by atoms with Gasteiger partial charge in [0.05, 0.1) is 11.3 Å². The molecule has 2 N–H and O–H groups in total. The van der Waals surface area contributed by atoms with E-state index in [1.807, 2.05) is 0 Å². The van der Waals surface area contributed by atoms with Crippen LogP contribution in [0.4, 0.5) is 10.1 Å². The Labute approximate surface area is 84.6 Å². The summed E-state index contributed by atoms with van der Waals surface area (Å²) in [5.41, 5.74) is 5.64. The molecule has 0 fully saturated rings. The summed E-state index contributed by atoms with van der Waals surface area (Å²) in [5.74, 6) is -1.29. The zero-order valence-corrected chi connectivity index (χ0v) is 7.53. The smallest absolute Gasteiger partial charge is 0.268 e. The number of fused-ring (bicyclic) bond motifs is 1. The molecule has 4 nitrogen and oxygen atoms in total. The summed E-state index contributed by atoms with van der Waals surface area (Å²) in [6.45, 7) is 0. The van der Waals surface area contributed by atoms with Crippen LogP contribution in [0, 0.1) is 5.82 Å². The number of amides is 1. The van der Waals surface area contributed by atoms with E-state index >= 15 is 0 Å². The Hall–Kier alpha value is -2.17. The third kappa shape index (κ3) is 1.38. The van der Waals surface area contributed by atoms with E-state index in [2.05, 4.69) is 5.32 Å². The van der Waals surface area contributed by atoms with Gasteiger partial charge < -0.3 is 5.73 Å². The number of rotatable bonds is 2. The van der Waals surface area contributed by atoms with Gasteiger partial charge in [-0.3, -0.25) is 9.59 Å². The van der Waals surface area contributed by atoms with Crippen LogP contribution in [0.25, 0.3) is 5.57 Å². The first-order chi connectivity index (χ1) is 7.13. The standard InChI is InChI=1S/C10H6FN2O2/c11-5-1-2-8-6(3-5)7(4-14)9(13-8)10(12)15/h1-4H,(H2,12,15). The molecule has 1 aliphatic rings. The summed E-state index contributed by atoms with van der Waals surface area (Å²) >= 11 is 0. The lowest BCUT2D eigenvalue weighted by Gasteiger charge is -1.97. The predicted octanol–water partition coefficient (Wildman–Crippen LogP) is 0.471. The van der Waals surface area contributed by atoms with E-state index in [1.54, 1.807) is 0 Å². The van der Waals surface area contributed by atoms with E-state index in [4.69, 9.17) is 5.73 Å². The number of aldehydes is 1. The topological polar surface area (TPSA) is 74.3 Å². The molecule has 15 heavy (non-hydrogen) atoms. The van der Waals surface area contributed by atoms with E-state index < -0.39 is 11.7 Å². The Morgan fingerprint density at radius 3 is 2.80 bits per heavy atom. The maximum Gasteiger partial charge on any atom is 0.268 e. The molecule has 1 amide bonds. The van der Waals surface area contributed by atoms with Crippen LogP contribution in [-0.4, -0.2) is 12.2 Å². The number of benzene rings is 1. The second-order valence-electron chi connectivity index (χ2n) is 3.02. The summed E-state index contributed by atoms with van der Waals surface area (Å²) in [4.78, 5) is 21.7. The molecule has 0 bridgehead atoms. The van der Waals surface area contributed by atoms with Crippen LogP contribution in [0.1, 0.15) is 5.56 Å². The summed E-state index contributed by atoms with van der Waals surface area (Å²) in [6, 6.07) is 3.75. The van der Waals surface area contributed by atoms with E-state index in [9.17, 15) is 14.0 Å². The highest BCUT2D eigenvalue weighted by molar-refractivity contribution is 6.20. The quantitative estimate of drug-likeness (QED) is 0.712. The number of hydrogen-bond acceptors (Lipinski definition) is 2. The lowest BCUT2D eigenvalue weighted by molar-refractivity contribution is -0.115. The van der Waals surface area contributed by atoms with Crippen LogP contribution in [0.5, 0.6) is 0 Å². The number of nitrogens with two attached hydrogens (primary N) is 1. The Kier molecular flexibility index (Phi) is 2.00. The molecule has 1 heterocycles. The van der Waals surface area contributed by atoms with E-state index in [-0.39, 0.29) is 11.3 Å². The SMILES string of the molecule is NC(=O)C1=C(C=O)c2cc(F)ccc2[N]1. The van der Waals surface area contributed by atoms with Crippen molar-refractivity contribution < 1.29 is 14.0 Å². The number of primary amides is 1. The molecular formula is C10H6FN2O2. The normalized spacial score (nSPS) is 13.4. The largest absolute Gasteiger partial charge is 0.364 e. The first-order valence-electron chi connectivity index (χ1n) is 4.14. The van der Waals surface area contributed by atoms with Crippen molar-refractivity contribution in [2.24, 2.45) is 5.73 Å². The van der Waals surface area contributed by atoms with Crippen LogP contribution in [0.2, 0.25) is 0 Å². The minimum absolute atomic E-state index is 0.0389. The average molecular weight is 205 g/mol. The van der Waals surface area contributed by atoms with Gasteiger partial charge in [-0.2, -0.15) is 0 Å². The second kappa shape index (κ2) is 3.20. The molecular weight excluding hydrogens is 199 g/mol. The number of halogens is 1. The number of carbonyl (C=O) groups excluding carboxylic acids is 2. The number of allylic oxidation sites excluding steroid dienone is 1. The zero-order chi connectivity index (χ0) is 11.0. The van der Waals surface area contributed by atoms with Gasteiger partial charge in [0.2, 0.25) is 0 Å². The first-order valence-corrected chi connectivity index (χ1v) is 4.14. The number of nitrogens with zero attached hydrogens (tertiary/aromatic N) is 1. The van der Waals surface area contributed by atoms with Gasteiger partial charge in [-0.15, -0.1) is 0 Å². The van der Waals surface area contributed by atoms with Gasteiger partial charge in [-0.05, 0) is 18.2 Å². The van der Waals surface area contributed by atoms with Crippen LogP contribution >= 0.6 is 0 Å². The predicted molar refractivity (Wildman–Crippen MR) is 50.4 cm³/mol. The van der Waals surface area contributed by atoms with Gasteiger partial charge in [0.1, 0.15) is 11.5 Å². The molecule has 0 saturated carbocycles. The van der Waals surface area contributed by atoms with E-state index in [1.165, 1.54) is 12.1 Å². The maximum atomic E-state index is 12.9. The fourth-order valence-electron chi connectivity index (χ4n) is 1.44. The number of hydrogen-bond donors (Lipinski definition) is 1. The molecule has 75 valence electrons. The molecule has 1 radical (unpaired) electrons.